The second-order valence-electron chi connectivity index (χ2n) is 5.72. The van der Waals surface area contributed by atoms with Gasteiger partial charge in [-0.15, -0.1) is 0 Å². The monoisotopic (exact) mass is 386 g/mol. The summed E-state index contributed by atoms with van der Waals surface area (Å²) in [6.45, 7) is 2.97. The number of esters is 1. The lowest BCUT2D eigenvalue weighted by Crippen LogP contribution is -2.52. The Kier molecular flexibility index (Phi) is 5.47. The third kappa shape index (κ3) is 4.16. The van der Waals surface area contributed by atoms with Crippen molar-refractivity contribution in [1.29, 1.82) is 0 Å². The Labute approximate surface area is 152 Å². The molecule has 1 saturated heterocycles. The molecular formula is C17H17F3N2O3S. The fourth-order valence-electron chi connectivity index (χ4n) is 2.54. The molecular weight excluding hydrogens is 369 g/mol. The van der Waals surface area contributed by atoms with Crippen LogP contribution in [0.1, 0.15) is 27.7 Å². The molecule has 0 spiro atoms. The van der Waals surface area contributed by atoms with Crippen LogP contribution in [0.2, 0.25) is 0 Å². The average Bonchev–Trinajstić information content (AvgIpc) is 3.03. The van der Waals surface area contributed by atoms with E-state index in [1.54, 1.807) is 13.0 Å². The number of alkyl halides is 3. The quantitative estimate of drug-likeness (QED) is 0.708. The van der Waals surface area contributed by atoms with E-state index in [4.69, 9.17) is 9.47 Å². The van der Waals surface area contributed by atoms with Crippen LogP contribution in [0.25, 0.3) is 0 Å². The first-order valence-corrected chi connectivity index (χ1v) is 8.84. The van der Waals surface area contributed by atoms with Gasteiger partial charge in [-0.1, -0.05) is 29.5 Å². The van der Waals surface area contributed by atoms with Crippen LogP contribution < -0.4 is 4.90 Å². The van der Waals surface area contributed by atoms with E-state index in [2.05, 4.69) is 4.98 Å². The van der Waals surface area contributed by atoms with Crippen LogP contribution in [0.3, 0.4) is 0 Å². The smallest absolute Gasteiger partial charge is 0.416 e. The first-order chi connectivity index (χ1) is 12.4. The molecule has 1 aromatic carbocycles. The van der Waals surface area contributed by atoms with Crippen molar-refractivity contribution in [3.8, 4) is 0 Å². The number of halogens is 3. The molecule has 0 atom stereocenters. The number of hydrogen-bond donors (Lipinski definition) is 0. The maximum absolute atomic E-state index is 13.0. The first-order valence-electron chi connectivity index (χ1n) is 8.03. The number of nitrogens with zero attached hydrogens (tertiary/aromatic N) is 2. The first kappa shape index (κ1) is 18.7. The number of anilines is 1. The van der Waals surface area contributed by atoms with Crippen molar-refractivity contribution in [2.75, 3.05) is 24.6 Å². The SMILES string of the molecule is CCOC(=O)c1cnc(N2CC(OCc3ccccc3C(F)(F)F)C2)s1. The zero-order valence-corrected chi connectivity index (χ0v) is 14.8. The Morgan fingerprint density at radius 3 is 2.77 bits per heavy atom. The van der Waals surface area contributed by atoms with Gasteiger partial charge in [-0.2, -0.15) is 13.2 Å². The molecule has 0 unspecified atom stereocenters. The van der Waals surface area contributed by atoms with E-state index in [0.29, 0.717) is 29.7 Å². The summed E-state index contributed by atoms with van der Waals surface area (Å²) in [6.07, 6.45) is -3.10. The van der Waals surface area contributed by atoms with Gasteiger partial charge in [-0.25, -0.2) is 9.78 Å². The molecule has 0 aliphatic carbocycles. The summed E-state index contributed by atoms with van der Waals surface area (Å²) in [5.41, 5.74) is -0.549. The van der Waals surface area contributed by atoms with Gasteiger partial charge in [0, 0.05) is 13.1 Å². The second kappa shape index (κ2) is 7.63. The molecule has 0 radical (unpaired) electrons. The highest BCUT2D eigenvalue weighted by Crippen LogP contribution is 2.33. The van der Waals surface area contributed by atoms with Gasteiger partial charge in [-0.05, 0) is 18.6 Å². The normalized spacial score (nSPS) is 15.0. The average molecular weight is 386 g/mol. The minimum Gasteiger partial charge on any atom is -0.462 e. The molecule has 9 heteroatoms. The van der Waals surface area contributed by atoms with Gasteiger partial charge in [-0.3, -0.25) is 0 Å². The number of aromatic nitrogens is 1. The van der Waals surface area contributed by atoms with Crippen molar-refractivity contribution < 1.29 is 27.4 Å². The lowest BCUT2D eigenvalue weighted by molar-refractivity contribution is -0.139. The standard InChI is InChI=1S/C17H17F3N2O3S/c1-2-24-15(23)14-7-21-16(26-14)22-8-12(9-22)25-10-11-5-3-4-6-13(11)17(18,19)20/h3-7,12H,2,8-10H2,1H3. The van der Waals surface area contributed by atoms with Gasteiger partial charge in [0.2, 0.25) is 0 Å². The van der Waals surface area contributed by atoms with Crippen LogP contribution in [0.5, 0.6) is 0 Å². The maximum Gasteiger partial charge on any atom is 0.416 e. The Morgan fingerprint density at radius 1 is 1.35 bits per heavy atom. The lowest BCUT2D eigenvalue weighted by atomic mass is 10.1. The van der Waals surface area contributed by atoms with Gasteiger partial charge in [0.05, 0.1) is 31.1 Å². The zero-order valence-electron chi connectivity index (χ0n) is 14.0. The summed E-state index contributed by atoms with van der Waals surface area (Å²) in [5.74, 6) is -0.409. The summed E-state index contributed by atoms with van der Waals surface area (Å²) in [7, 11) is 0. The summed E-state index contributed by atoms with van der Waals surface area (Å²) in [6, 6.07) is 5.40. The van der Waals surface area contributed by atoms with E-state index < -0.39 is 17.7 Å². The fourth-order valence-corrected chi connectivity index (χ4v) is 3.37. The molecule has 0 amide bonds. The summed E-state index contributed by atoms with van der Waals surface area (Å²) in [4.78, 5) is 18.1. The van der Waals surface area contributed by atoms with Gasteiger partial charge >= 0.3 is 12.1 Å². The van der Waals surface area contributed by atoms with Crippen molar-refractivity contribution in [3.05, 3.63) is 46.5 Å². The summed E-state index contributed by atoms with van der Waals surface area (Å²) in [5, 5.41) is 0.670. The van der Waals surface area contributed by atoms with E-state index in [9.17, 15) is 18.0 Å². The molecule has 1 aromatic heterocycles. The third-order valence-electron chi connectivity index (χ3n) is 3.89. The third-order valence-corrected chi connectivity index (χ3v) is 4.92. The number of carbonyl (C=O) groups excluding carboxylic acids is 1. The minimum absolute atomic E-state index is 0.0971. The molecule has 1 aliphatic rings. The van der Waals surface area contributed by atoms with Gasteiger partial charge in [0.1, 0.15) is 4.88 Å². The molecule has 5 nitrogen and oxygen atoms in total. The van der Waals surface area contributed by atoms with E-state index in [1.165, 1.54) is 29.7 Å². The number of carbonyl (C=O) groups is 1. The highest BCUT2D eigenvalue weighted by Gasteiger charge is 2.34. The molecule has 1 aliphatic heterocycles. The highest BCUT2D eigenvalue weighted by molar-refractivity contribution is 7.17. The number of benzene rings is 1. The van der Waals surface area contributed by atoms with Gasteiger partial charge in [0.15, 0.2) is 5.13 Å². The Balaban J connectivity index is 1.52. The van der Waals surface area contributed by atoms with Crippen LogP contribution in [0, 0.1) is 0 Å². The van der Waals surface area contributed by atoms with Crippen LogP contribution >= 0.6 is 11.3 Å². The largest absolute Gasteiger partial charge is 0.462 e. The summed E-state index contributed by atoms with van der Waals surface area (Å²) >= 11 is 1.22. The molecule has 2 heterocycles. The molecule has 1 fully saturated rings. The van der Waals surface area contributed by atoms with Crippen molar-refractivity contribution in [3.63, 3.8) is 0 Å². The van der Waals surface area contributed by atoms with Crippen LogP contribution in [0.4, 0.5) is 18.3 Å². The lowest BCUT2D eigenvalue weighted by Gasteiger charge is -2.38. The second-order valence-corrected chi connectivity index (χ2v) is 6.73. The number of thiazole rings is 1. The zero-order chi connectivity index (χ0) is 18.7. The molecule has 0 N–H and O–H groups in total. The topological polar surface area (TPSA) is 51.7 Å². The molecule has 140 valence electrons. The van der Waals surface area contributed by atoms with Crippen molar-refractivity contribution >= 4 is 22.4 Å². The number of hydrogen-bond acceptors (Lipinski definition) is 6. The van der Waals surface area contributed by atoms with E-state index in [0.717, 1.165) is 6.07 Å². The number of rotatable bonds is 6. The van der Waals surface area contributed by atoms with E-state index in [1.807, 2.05) is 4.90 Å². The fraction of sp³-hybridized carbons (Fsp3) is 0.412. The van der Waals surface area contributed by atoms with E-state index in [-0.39, 0.29) is 18.3 Å². The Bertz CT molecular complexity index is 773. The highest BCUT2D eigenvalue weighted by atomic mass is 32.1. The van der Waals surface area contributed by atoms with Crippen LogP contribution in [-0.4, -0.2) is 36.8 Å². The Morgan fingerprint density at radius 2 is 2.08 bits per heavy atom. The predicted molar refractivity (Wildman–Crippen MR) is 90.3 cm³/mol. The molecule has 0 saturated carbocycles. The van der Waals surface area contributed by atoms with E-state index >= 15 is 0 Å². The molecule has 2 aromatic rings. The predicted octanol–water partition coefficient (Wildman–Crippen LogP) is 3.74. The van der Waals surface area contributed by atoms with Crippen LogP contribution in [-0.2, 0) is 22.3 Å². The van der Waals surface area contributed by atoms with Crippen molar-refractivity contribution in [2.24, 2.45) is 0 Å². The summed E-state index contributed by atoms with van der Waals surface area (Å²) < 4.78 is 49.4. The minimum atomic E-state index is -4.39. The molecule has 3 rings (SSSR count). The van der Waals surface area contributed by atoms with Gasteiger partial charge in [0.25, 0.3) is 0 Å². The van der Waals surface area contributed by atoms with Crippen LogP contribution in [0.15, 0.2) is 30.5 Å². The number of ether oxygens (including phenoxy) is 2. The molecule has 26 heavy (non-hydrogen) atoms. The maximum atomic E-state index is 13.0. The van der Waals surface area contributed by atoms with Crippen molar-refractivity contribution in [1.82, 2.24) is 4.98 Å². The van der Waals surface area contributed by atoms with Gasteiger partial charge < -0.3 is 14.4 Å². The molecule has 0 bridgehead atoms. The van der Waals surface area contributed by atoms with Crippen molar-refractivity contribution in [2.45, 2.75) is 25.8 Å². The Hall–Kier alpha value is -2.13.